The first-order valence-electron chi connectivity index (χ1n) is 6.04. The van der Waals surface area contributed by atoms with E-state index in [1.165, 1.54) is 5.56 Å². The van der Waals surface area contributed by atoms with Gasteiger partial charge in [-0.1, -0.05) is 29.8 Å². The average molecular weight is 253 g/mol. The highest BCUT2D eigenvalue weighted by molar-refractivity contribution is 7.91. The maximum Gasteiger partial charge on any atom is 0.152 e. The number of sulfone groups is 1. The van der Waals surface area contributed by atoms with Crippen LogP contribution in [0.2, 0.25) is 0 Å². The number of aryl methyl sites for hydroxylation is 2. The molecule has 0 amide bonds. The summed E-state index contributed by atoms with van der Waals surface area (Å²) in [4.78, 5) is 0. The van der Waals surface area contributed by atoms with Crippen molar-refractivity contribution in [1.29, 1.82) is 0 Å². The van der Waals surface area contributed by atoms with Gasteiger partial charge in [-0.3, -0.25) is 0 Å². The van der Waals surface area contributed by atoms with Gasteiger partial charge < -0.3 is 5.32 Å². The SMILES string of the molecule is Cc1ccc(CCS(=O)(=O)CC2CCN2)cc1. The van der Waals surface area contributed by atoms with Crippen molar-refractivity contribution in [2.75, 3.05) is 18.1 Å². The summed E-state index contributed by atoms with van der Waals surface area (Å²) in [6.45, 7) is 2.99. The summed E-state index contributed by atoms with van der Waals surface area (Å²) in [5, 5.41) is 3.13. The highest BCUT2D eigenvalue weighted by atomic mass is 32.2. The highest BCUT2D eigenvalue weighted by Crippen LogP contribution is 2.09. The van der Waals surface area contributed by atoms with Gasteiger partial charge in [-0.15, -0.1) is 0 Å². The lowest BCUT2D eigenvalue weighted by Gasteiger charge is -2.27. The Bertz CT molecular complexity index is 461. The van der Waals surface area contributed by atoms with Gasteiger partial charge in [0.2, 0.25) is 0 Å². The molecule has 4 heteroatoms. The van der Waals surface area contributed by atoms with Gasteiger partial charge in [-0.05, 0) is 31.9 Å². The van der Waals surface area contributed by atoms with Crippen LogP contribution in [0, 0.1) is 6.92 Å². The molecule has 0 bridgehead atoms. The van der Waals surface area contributed by atoms with E-state index in [1.54, 1.807) is 0 Å². The summed E-state index contributed by atoms with van der Waals surface area (Å²) in [6.07, 6.45) is 1.61. The molecule has 1 fully saturated rings. The molecular formula is C13H19NO2S. The summed E-state index contributed by atoms with van der Waals surface area (Å²) in [5.74, 6) is 0.549. The summed E-state index contributed by atoms with van der Waals surface area (Å²) < 4.78 is 23.7. The zero-order valence-electron chi connectivity index (χ0n) is 10.1. The van der Waals surface area contributed by atoms with Gasteiger partial charge in [-0.25, -0.2) is 8.42 Å². The van der Waals surface area contributed by atoms with Crippen LogP contribution in [0.3, 0.4) is 0 Å². The zero-order valence-corrected chi connectivity index (χ0v) is 11.0. The van der Waals surface area contributed by atoms with E-state index >= 15 is 0 Å². The molecule has 1 aliphatic heterocycles. The summed E-state index contributed by atoms with van der Waals surface area (Å²) >= 11 is 0. The first-order valence-corrected chi connectivity index (χ1v) is 7.87. The Hall–Kier alpha value is -0.870. The van der Waals surface area contributed by atoms with Crippen molar-refractivity contribution < 1.29 is 8.42 Å². The van der Waals surface area contributed by atoms with Gasteiger partial charge in [0.15, 0.2) is 9.84 Å². The monoisotopic (exact) mass is 253 g/mol. The van der Waals surface area contributed by atoms with Gasteiger partial charge in [0.1, 0.15) is 0 Å². The molecule has 0 aliphatic carbocycles. The second kappa shape index (κ2) is 5.19. The lowest BCUT2D eigenvalue weighted by Crippen LogP contribution is -2.47. The fourth-order valence-corrected chi connectivity index (χ4v) is 3.52. The Morgan fingerprint density at radius 3 is 2.47 bits per heavy atom. The fraction of sp³-hybridized carbons (Fsp3) is 0.538. The third-order valence-corrected chi connectivity index (χ3v) is 4.94. The van der Waals surface area contributed by atoms with Crippen molar-refractivity contribution in [3.05, 3.63) is 35.4 Å². The Morgan fingerprint density at radius 1 is 1.29 bits per heavy atom. The van der Waals surface area contributed by atoms with E-state index in [9.17, 15) is 8.42 Å². The van der Waals surface area contributed by atoms with E-state index in [0.29, 0.717) is 12.2 Å². The zero-order chi connectivity index (χ0) is 12.3. The highest BCUT2D eigenvalue weighted by Gasteiger charge is 2.23. The van der Waals surface area contributed by atoms with Crippen molar-refractivity contribution in [3.8, 4) is 0 Å². The van der Waals surface area contributed by atoms with Gasteiger partial charge in [0, 0.05) is 6.04 Å². The van der Waals surface area contributed by atoms with E-state index < -0.39 is 9.84 Å². The Balaban J connectivity index is 1.86. The predicted octanol–water partition coefficient (Wildman–Crippen LogP) is 1.31. The first-order chi connectivity index (χ1) is 8.05. The van der Waals surface area contributed by atoms with E-state index in [-0.39, 0.29) is 11.8 Å². The van der Waals surface area contributed by atoms with Gasteiger partial charge in [0.25, 0.3) is 0 Å². The fourth-order valence-electron chi connectivity index (χ4n) is 1.91. The minimum atomic E-state index is -2.91. The molecule has 3 nitrogen and oxygen atoms in total. The molecule has 2 rings (SSSR count). The molecule has 0 saturated carbocycles. The maximum absolute atomic E-state index is 11.8. The molecular weight excluding hydrogens is 234 g/mol. The molecule has 1 heterocycles. The molecule has 1 unspecified atom stereocenters. The van der Waals surface area contributed by atoms with Crippen molar-refractivity contribution in [1.82, 2.24) is 5.32 Å². The normalized spacial score (nSPS) is 19.9. The molecule has 1 saturated heterocycles. The van der Waals surface area contributed by atoms with Crippen LogP contribution >= 0.6 is 0 Å². The van der Waals surface area contributed by atoms with Crippen LogP contribution in [0.4, 0.5) is 0 Å². The molecule has 1 atom stereocenters. The molecule has 1 aliphatic rings. The van der Waals surface area contributed by atoms with Crippen LogP contribution in [0.15, 0.2) is 24.3 Å². The molecule has 0 spiro atoms. The first kappa shape index (κ1) is 12.6. The summed E-state index contributed by atoms with van der Waals surface area (Å²) in [6, 6.07) is 8.25. The lowest BCUT2D eigenvalue weighted by molar-refractivity contribution is 0.399. The number of hydrogen-bond donors (Lipinski definition) is 1. The van der Waals surface area contributed by atoms with Gasteiger partial charge in [0.05, 0.1) is 11.5 Å². The number of hydrogen-bond acceptors (Lipinski definition) is 3. The standard InChI is InChI=1S/C13H19NO2S/c1-11-2-4-12(5-3-11)7-9-17(15,16)10-13-6-8-14-13/h2-5,13-14H,6-10H2,1H3. The minimum absolute atomic E-state index is 0.193. The molecule has 94 valence electrons. The third kappa shape index (κ3) is 3.82. The summed E-state index contributed by atoms with van der Waals surface area (Å²) in [7, 11) is -2.91. The second-order valence-electron chi connectivity index (χ2n) is 4.79. The molecule has 1 aromatic rings. The second-order valence-corrected chi connectivity index (χ2v) is 7.02. The summed E-state index contributed by atoms with van der Waals surface area (Å²) in [5.41, 5.74) is 2.30. The van der Waals surface area contributed by atoms with Crippen molar-refractivity contribution in [2.45, 2.75) is 25.8 Å². The number of benzene rings is 1. The Morgan fingerprint density at radius 2 is 1.94 bits per heavy atom. The van der Waals surface area contributed by atoms with Crippen LogP contribution < -0.4 is 5.32 Å². The van der Waals surface area contributed by atoms with Crippen LogP contribution in [0.5, 0.6) is 0 Å². The van der Waals surface area contributed by atoms with Crippen LogP contribution in [0.1, 0.15) is 17.5 Å². The molecule has 1 aromatic carbocycles. The van der Waals surface area contributed by atoms with E-state index in [4.69, 9.17) is 0 Å². The number of rotatable bonds is 5. The van der Waals surface area contributed by atoms with Crippen LogP contribution in [-0.4, -0.2) is 32.5 Å². The lowest BCUT2D eigenvalue weighted by atomic mass is 10.1. The molecule has 0 radical (unpaired) electrons. The quantitative estimate of drug-likeness (QED) is 0.860. The average Bonchev–Trinajstić information content (AvgIpc) is 2.23. The molecule has 1 N–H and O–H groups in total. The van der Waals surface area contributed by atoms with Crippen LogP contribution in [0.25, 0.3) is 0 Å². The number of nitrogens with one attached hydrogen (secondary N) is 1. The smallest absolute Gasteiger partial charge is 0.152 e. The van der Waals surface area contributed by atoms with E-state index in [2.05, 4.69) is 5.32 Å². The van der Waals surface area contributed by atoms with E-state index in [0.717, 1.165) is 18.5 Å². The Kier molecular flexibility index (Phi) is 3.84. The predicted molar refractivity (Wildman–Crippen MR) is 69.9 cm³/mol. The maximum atomic E-state index is 11.8. The van der Waals surface area contributed by atoms with Crippen molar-refractivity contribution >= 4 is 9.84 Å². The molecule has 0 aromatic heterocycles. The van der Waals surface area contributed by atoms with Crippen molar-refractivity contribution in [2.24, 2.45) is 0 Å². The third-order valence-electron chi connectivity index (χ3n) is 3.20. The topological polar surface area (TPSA) is 46.2 Å². The molecule has 17 heavy (non-hydrogen) atoms. The van der Waals surface area contributed by atoms with Gasteiger partial charge >= 0.3 is 0 Å². The van der Waals surface area contributed by atoms with Crippen LogP contribution in [-0.2, 0) is 16.3 Å². The Labute approximate surface area is 103 Å². The van der Waals surface area contributed by atoms with Gasteiger partial charge in [-0.2, -0.15) is 0 Å². The minimum Gasteiger partial charge on any atom is -0.313 e. The largest absolute Gasteiger partial charge is 0.313 e. The van der Waals surface area contributed by atoms with Crippen molar-refractivity contribution in [3.63, 3.8) is 0 Å². The van der Waals surface area contributed by atoms with E-state index in [1.807, 2.05) is 31.2 Å².